The molecule has 1 fully saturated rings. The summed E-state index contributed by atoms with van der Waals surface area (Å²) in [5.74, 6) is -0.595. The number of carbonyl (C=O) groups excluding carboxylic acids is 1. The minimum Gasteiger partial charge on any atom is -0.406 e. The molecule has 7 nitrogen and oxygen atoms in total. The molecule has 2 aromatic rings. The Morgan fingerprint density at radius 3 is 2.39 bits per heavy atom. The second-order valence-corrected chi connectivity index (χ2v) is 8.23. The molecule has 0 atom stereocenters. The van der Waals surface area contributed by atoms with Gasteiger partial charge in [0.2, 0.25) is 9.84 Å². The van der Waals surface area contributed by atoms with Crippen LogP contribution in [0.3, 0.4) is 0 Å². The third-order valence-corrected chi connectivity index (χ3v) is 5.77. The normalized spacial score (nSPS) is 14.5. The molecule has 3 N–H and O–H groups in total. The molecule has 1 saturated carbocycles. The number of rotatable bonds is 6. The van der Waals surface area contributed by atoms with Crippen LogP contribution >= 0.6 is 0 Å². The number of ether oxygens (including phenoxy) is 1. The molecule has 1 aliphatic rings. The summed E-state index contributed by atoms with van der Waals surface area (Å²) in [6, 6.07) is 4.81. The van der Waals surface area contributed by atoms with Crippen LogP contribution in [0.25, 0.3) is 0 Å². The van der Waals surface area contributed by atoms with Crippen molar-refractivity contribution in [1.82, 2.24) is 10.3 Å². The zero-order valence-electron chi connectivity index (χ0n) is 14.4. The van der Waals surface area contributed by atoms with Crippen LogP contribution in [-0.2, 0) is 9.84 Å². The van der Waals surface area contributed by atoms with Crippen LogP contribution in [0.1, 0.15) is 23.3 Å². The number of nitrogens with zero attached hydrogens (tertiary/aromatic N) is 1. The largest absolute Gasteiger partial charge is 0.573 e. The van der Waals surface area contributed by atoms with E-state index in [4.69, 9.17) is 5.73 Å². The van der Waals surface area contributed by atoms with Crippen molar-refractivity contribution in [1.29, 1.82) is 0 Å². The topological polar surface area (TPSA) is 111 Å². The first-order valence-corrected chi connectivity index (χ1v) is 9.69. The van der Waals surface area contributed by atoms with Crippen LogP contribution in [0, 0.1) is 5.92 Å². The van der Waals surface area contributed by atoms with Gasteiger partial charge in [0.1, 0.15) is 5.75 Å². The maximum Gasteiger partial charge on any atom is 0.573 e. The number of anilines is 1. The number of amides is 1. The minimum atomic E-state index is -4.88. The van der Waals surface area contributed by atoms with Gasteiger partial charge in [-0.05, 0) is 49.1 Å². The highest BCUT2D eigenvalue weighted by Gasteiger charge is 2.31. The second-order valence-electron chi connectivity index (χ2n) is 6.28. The van der Waals surface area contributed by atoms with E-state index in [0.29, 0.717) is 12.5 Å². The van der Waals surface area contributed by atoms with E-state index in [9.17, 15) is 26.4 Å². The Labute approximate surface area is 158 Å². The van der Waals surface area contributed by atoms with Crippen LogP contribution in [-0.4, -0.2) is 32.2 Å². The lowest BCUT2D eigenvalue weighted by Crippen LogP contribution is -2.27. The third kappa shape index (κ3) is 4.71. The van der Waals surface area contributed by atoms with Crippen molar-refractivity contribution in [3.8, 4) is 5.75 Å². The molecule has 1 aromatic heterocycles. The molecule has 0 spiro atoms. The molecule has 3 rings (SSSR count). The van der Waals surface area contributed by atoms with Gasteiger partial charge in [-0.1, -0.05) is 0 Å². The van der Waals surface area contributed by atoms with Crippen LogP contribution in [0.5, 0.6) is 5.75 Å². The van der Waals surface area contributed by atoms with Crippen molar-refractivity contribution in [2.75, 3.05) is 12.3 Å². The Kier molecular flexibility index (Phi) is 5.20. The molecule has 150 valence electrons. The zero-order chi connectivity index (χ0) is 20.5. The summed E-state index contributed by atoms with van der Waals surface area (Å²) in [5, 5.41) is 2.68. The maximum atomic E-state index is 12.6. The lowest BCUT2D eigenvalue weighted by Gasteiger charge is -2.11. The predicted molar refractivity (Wildman–Crippen MR) is 92.3 cm³/mol. The number of nitrogens with two attached hydrogens (primary N) is 1. The highest BCUT2D eigenvalue weighted by atomic mass is 32.2. The summed E-state index contributed by atoms with van der Waals surface area (Å²) in [6.07, 6.45) is -1.80. The van der Waals surface area contributed by atoms with Gasteiger partial charge in [-0.15, -0.1) is 13.2 Å². The van der Waals surface area contributed by atoms with E-state index in [0.717, 1.165) is 49.4 Å². The van der Waals surface area contributed by atoms with Gasteiger partial charge in [0.25, 0.3) is 5.91 Å². The summed E-state index contributed by atoms with van der Waals surface area (Å²) in [7, 11) is -4.09. The average molecular weight is 415 g/mol. The molecule has 0 radical (unpaired) electrons. The van der Waals surface area contributed by atoms with Crippen molar-refractivity contribution in [3.63, 3.8) is 0 Å². The number of carbonyl (C=O) groups is 1. The molecule has 1 aromatic carbocycles. The van der Waals surface area contributed by atoms with E-state index in [2.05, 4.69) is 15.0 Å². The Morgan fingerprint density at radius 2 is 1.86 bits per heavy atom. The fourth-order valence-electron chi connectivity index (χ4n) is 2.40. The van der Waals surface area contributed by atoms with Crippen molar-refractivity contribution >= 4 is 21.4 Å². The third-order valence-electron chi connectivity index (χ3n) is 4.03. The SMILES string of the molecule is Nc1cc(S(=O)(=O)c2ccc(OC(F)(F)F)cc2)cnc1C(=O)NCC1CC1. The number of sulfone groups is 1. The number of nitrogen functional groups attached to an aromatic ring is 1. The first-order chi connectivity index (χ1) is 13.1. The molecule has 1 heterocycles. The van der Waals surface area contributed by atoms with Gasteiger partial charge in [0.15, 0.2) is 5.69 Å². The number of nitrogens with one attached hydrogen (secondary N) is 1. The molecule has 0 saturated heterocycles. The first kappa shape index (κ1) is 19.9. The molecule has 28 heavy (non-hydrogen) atoms. The summed E-state index contributed by atoms with van der Waals surface area (Å²) < 4.78 is 65.6. The first-order valence-electron chi connectivity index (χ1n) is 8.21. The molecule has 1 aliphatic carbocycles. The number of hydrogen-bond donors (Lipinski definition) is 2. The number of pyridine rings is 1. The van der Waals surface area contributed by atoms with Crippen molar-refractivity contribution in [3.05, 3.63) is 42.2 Å². The van der Waals surface area contributed by atoms with E-state index in [-0.39, 0.29) is 21.2 Å². The van der Waals surface area contributed by atoms with Crippen molar-refractivity contribution in [2.24, 2.45) is 5.92 Å². The summed E-state index contributed by atoms with van der Waals surface area (Å²) in [6.45, 7) is 0.506. The standard InChI is InChI=1S/C17H16F3N3O4S/c18-17(19,20)27-11-3-5-12(6-4-11)28(25,26)13-7-14(21)15(22-9-13)16(24)23-8-10-1-2-10/h3-7,9-10H,1-2,8,21H2,(H,23,24). The van der Waals surface area contributed by atoms with Gasteiger partial charge >= 0.3 is 6.36 Å². The lowest BCUT2D eigenvalue weighted by atomic mass is 10.3. The number of benzene rings is 1. The molecular weight excluding hydrogens is 399 g/mol. The smallest absolute Gasteiger partial charge is 0.406 e. The minimum absolute atomic E-state index is 0.0893. The van der Waals surface area contributed by atoms with Crippen LogP contribution in [0.4, 0.5) is 18.9 Å². The van der Waals surface area contributed by atoms with Gasteiger partial charge in [0.05, 0.1) is 15.5 Å². The summed E-state index contributed by atoms with van der Waals surface area (Å²) in [4.78, 5) is 15.4. The molecule has 11 heteroatoms. The van der Waals surface area contributed by atoms with E-state index < -0.39 is 27.9 Å². The van der Waals surface area contributed by atoms with E-state index >= 15 is 0 Å². The van der Waals surface area contributed by atoms with Crippen molar-refractivity contribution < 1.29 is 31.1 Å². The molecular formula is C17H16F3N3O4S. The van der Waals surface area contributed by atoms with Gasteiger partial charge in [-0.25, -0.2) is 13.4 Å². The molecule has 0 unspecified atom stereocenters. The number of aromatic nitrogens is 1. The zero-order valence-corrected chi connectivity index (χ0v) is 15.2. The van der Waals surface area contributed by atoms with Crippen LogP contribution in [0.15, 0.2) is 46.3 Å². The van der Waals surface area contributed by atoms with E-state index in [1.54, 1.807) is 0 Å². The predicted octanol–water partition coefficient (Wildman–Crippen LogP) is 2.54. The number of halogens is 3. The maximum absolute atomic E-state index is 12.6. The summed E-state index contributed by atoms with van der Waals surface area (Å²) >= 11 is 0. The van der Waals surface area contributed by atoms with Gasteiger partial charge < -0.3 is 15.8 Å². The molecule has 0 bridgehead atoms. The lowest BCUT2D eigenvalue weighted by molar-refractivity contribution is -0.274. The van der Waals surface area contributed by atoms with Gasteiger partial charge in [-0.2, -0.15) is 0 Å². The number of hydrogen-bond acceptors (Lipinski definition) is 6. The second kappa shape index (κ2) is 7.30. The molecule has 0 aliphatic heterocycles. The fourth-order valence-corrected chi connectivity index (χ4v) is 3.64. The fraction of sp³-hybridized carbons (Fsp3) is 0.294. The Balaban J connectivity index is 1.79. The van der Waals surface area contributed by atoms with Crippen molar-refractivity contribution in [2.45, 2.75) is 29.0 Å². The van der Waals surface area contributed by atoms with Gasteiger partial charge in [-0.3, -0.25) is 4.79 Å². The summed E-state index contributed by atoms with van der Waals surface area (Å²) in [5.41, 5.74) is 5.57. The quantitative estimate of drug-likeness (QED) is 0.750. The average Bonchev–Trinajstić information content (AvgIpc) is 3.43. The highest BCUT2D eigenvalue weighted by molar-refractivity contribution is 7.91. The van der Waals surface area contributed by atoms with Crippen LogP contribution in [0.2, 0.25) is 0 Å². The molecule has 1 amide bonds. The number of alkyl halides is 3. The Morgan fingerprint density at radius 1 is 1.21 bits per heavy atom. The van der Waals surface area contributed by atoms with E-state index in [1.165, 1.54) is 0 Å². The highest BCUT2D eigenvalue weighted by Crippen LogP contribution is 2.29. The van der Waals surface area contributed by atoms with Crippen LogP contribution < -0.4 is 15.8 Å². The monoisotopic (exact) mass is 415 g/mol. The van der Waals surface area contributed by atoms with E-state index in [1.807, 2.05) is 0 Å². The Bertz CT molecular complexity index is 988. The Hall–Kier alpha value is -2.82. The van der Waals surface area contributed by atoms with Gasteiger partial charge in [0, 0.05) is 12.7 Å².